The summed E-state index contributed by atoms with van der Waals surface area (Å²) < 4.78 is 2.12. The summed E-state index contributed by atoms with van der Waals surface area (Å²) in [6, 6.07) is 10.3. The quantitative estimate of drug-likeness (QED) is 0.750. The first-order valence-electron chi connectivity index (χ1n) is 4.99. The van der Waals surface area contributed by atoms with Gasteiger partial charge in [-0.05, 0) is 52.8 Å². The fraction of sp³-hybridized carbons (Fsp3) is 0.167. The van der Waals surface area contributed by atoms with Gasteiger partial charge in [0.15, 0.2) is 0 Å². The van der Waals surface area contributed by atoms with E-state index in [0.717, 1.165) is 18.8 Å². The molecule has 1 nitrogen and oxygen atoms in total. The summed E-state index contributed by atoms with van der Waals surface area (Å²) in [5.74, 6) is 0. The lowest BCUT2D eigenvalue weighted by Gasteiger charge is -2.16. The van der Waals surface area contributed by atoms with Crippen LogP contribution in [0.5, 0.6) is 0 Å². The predicted molar refractivity (Wildman–Crippen MR) is 82.1 cm³/mol. The van der Waals surface area contributed by atoms with Crippen molar-refractivity contribution in [2.75, 3.05) is 7.05 Å². The van der Waals surface area contributed by atoms with E-state index in [-0.39, 0.29) is 6.04 Å². The van der Waals surface area contributed by atoms with Crippen LogP contribution < -0.4 is 5.32 Å². The summed E-state index contributed by atoms with van der Waals surface area (Å²) in [6.07, 6.45) is 0. The molecule has 0 saturated heterocycles. The molecule has 17 heavy (non-hydrogen) atoms. The number of hydrogen-bond acceptors (Lipinski definition) is 2. The van der Waals surface area contributed by atoms with E-state index in [2.05, 4.69) is 49.3 Å². The molecule has 0 bridgehead atoms. The van der Waals surface area contributed by atoms with Gasteiger partial charge in [-0.3, -0.25) is 0 Å². The van der Waals surface area contributed by atoms with Crippen molar-refractivity contribution in [2.24, 2.45) is 0 Å². The van der Waals surface area contributed by atoms with E-state index in [1.165, 1.54) is 4.88 Å². The van der Waals surface area contributed by atoms with Crippen LogP contribution in [0.2, 0.25) is 5.02 Å². The highest BCUT2D eigenvalue weighted by atomic mass is 79.9. The summed E-state index contributed by atoms with van der Waals surface area (Å²) in [7, 11) is 1.94. The van der Waals surface area contributed by atoms with Gasteiger partial charge in [0.2, 0.25) is 0 Å². The molecule has 5 heteroatoms. The Balaban J connectivity index is 2.42. The monoisotopic (exact) mass is 393 g/mol. The molecular weight excluding hydrogens is 385 g/mol. The standard InChI is InChI=1S/C12H10Br2ClNS/c1-16-12(10-4-5-11(14)17-10)8-3-2-7(13)6-9(8)15/h2-6,12,16H,1H3. The van der Waals surface area contributed by atoms with Crippen molar-refractivity contribution in [3.05, 3.63) is 54.1 Å². The highest BCUT2D eigenvalue weighted by Gasteiger charge is 2.16. The molecule has 0 saturated carbocycles. The molecule has 0 radical (unpaired) electrons. The Labute approximate surface area is 126 Å². The first-order chi connectivity index (χ1) is 8.11. The molecule has 2 rings (SSSR count). The summed E-state index contributed by atoms with van der Waals surface area (Å²) in [4.78, 5) is 1.24. The normalized spacial score (nSPS) is 12.7. The molecule has 2 aromatic rings. The number of hydrogen-bond donors (Lipinski definition) is 1. The molecule has 1 unspecified atom stereocenters. The van der Waals surface area contributed by atoms with Gasteiger partial charge in [0.05, 0.1) is 9.83 Å². The second-order valence-corrected chi connectivity index (χ2v) is 7.35. The topological polar surface area (TPSA) is 12.0 Å². The van der Waals surface area contributed by atoms with Crippen LogP contribution in [0.3, 0.4) is 0 Å². The van der Waals surface area contributed by atoms with Gasteiger partial charge in [-0.25, -0.2) is 0 Å². The molecule has 0 spiro atoms. The van der Waals surface area contributed by atoms with Crippen LogP contribution in [0, 0.1) is 0 Å². The molecule has 0 aliphatic carbocycles. The van der Waals surface area contributed by atoms with E-state index < -0.39 is 0 Å². The molecule has 1 aromatic carbocycles. The zero-order valence-electron chi connectivity index (χ0n) is 9.01. The van der Waals surface area contributed by atoms with Crippen molar-refractivity contribution in [1.29, 1.82) is 0 Å². The highest BCUT2D eigenvalue weighted by molar-refractivity contribution is 9.11. The smallest absolute Gasteiger partial charge is 0.0702 e. The van der Waals surface area contributed by atoms with Gasteiger partial charge < -0.3 is 5.32 Å². The van der Waals surface area contributed by atoms with Crippen LogP contribution in [0.25, 0.3) is 0 Å². The van der Waals surface area contributed by atoms with Crippen molar-refractivity contribution in [3.63, 3.8) is 0 Å². The van der Waals surface area contributed by atoms with Crippen molar-refractivity contribution in [2.45, 2.75) is 6.04 Å². The Morgan fingerprint density at radius 3 is 2.53 bits per heavy atom. The minimum absolute atomic E-state index is 0.131. The van der Waals surface area contributed by atoms with Crippen molar-refractivity contribution in [1.82, 2.24) is 5.32 Å². The van der Waals surface area contributed by atoms with Gasteiger partial charge in [-0.15, -0.1) is 11.3 Å². The molecule has 1 heterocycles. The molecule has 90 valence electrons. The first kappa shape index (κ1) is 13.6. The van der Waals surface area contributed by atoms with Crippen LogP contribution in [0.15, 0.2) is 38.6 Å². The lowest BCUT2D eigenvalue weighted by molar-refractivity contribution is 0.704. The minimum Gasteiger partial charge on any atom is -0.309 e. The average Bonchev–Trinajstić information content (AvgIpc) is 2.69. The van der Waals surface area contributed by atoms with Gasteiger partial charge in [0.1, 0.15) is 0 Å². The van der Waals surface area contributed by atoms with E-state index in [1.54, 1.807) is 11.3 Å². The fourth-order valence-corrected chi connectivity index (χ4v) is 4.01. The number of nitrogens with one attached hydrogen (secondary N) is 1. The fourth-order valence-electron chi connectivity index (χ4n) is 1.67. The molecule has 0 fully saturated rings. The van der Waals surface area contributed by atoms with E-state index in [9.17, 15) is 0 Å². The van der Waals surface area contributed by atoms with Gasteiger partial charge in [-0.2, -0.15) is 0 Å². The zero-order valence-corrected chi connectivity index (χ0v) is 13.8. The lowest BCUT2D eigenvalue weighted by Crippen LogP contribution is -2.16. The molecule has 0 amide bonds. The second-order valence-electron chi connectivity index (χ2n) is 3.53. The number of halogens is 3. The molecule has 0 aliphatic rings. The van der Waals surface area contributed by atoms with E-state index in [0.29, 0.717) is 0 Å². The van der Waals surface area contributed by atoms with Gasteiger partial charge in [0.25, 0.3) is 0 Å². The molecule has 1 N–H and O–H groups in total. The highest BCUT2D eigenvalue weighted by Crippen LogP contribution is 2.35. The SMILES string of the molecule is CNC(c1ccc(Br)s1)c1ccc(Br)cc1Cl. The Morgan fingerprint density at radius 2 is 2.00 bits per heavy atom. The summed E-state index contributed by atoms with van der Waals surface area (Å²) in [5.41, 5.74) is 1.09. The summed E-state index contributed by atoms with van der Waals surface area (Å²) in [5, 5.41) is 4.06. The third-order valence-corrected chi connectivity index (χ3v) is 4.95. The second kappa shape index (κ2) is 5.85. The maximum Gasteiger partial charge on any atom is 0.0702 e. The van der Waals surface area contributed by atoms with Crippen LogP contribution in [0.1, 0.15) is 16.5 Å². The van der Waals surface area contributed by atoms with Crippen LogP contribution in [-0.2, 0) is 0 Å². The van der Waals surface area contributed by atoms with E-state index in [4.69, 9.17) is 11.6 Å². The zero-order chi connectivity index (χ0) is 12.4. The Morgan fingerprint density at radius 1 is 1.24 bits per heavy atom. The third-order valence-electron chi connectivity index (χ3n) is 2.44. The third kappa shape index (κ3) is 3.12. The Kier molecular flexibility index (Phi) is 4.66. The molecular formula is C12H10Br2ClNS. The van der Waals surface area contributed by atoms with E-state index in [1.807, 2.05) is 25.2 Å². The van der Waals surface area contributed by atoms with Crippen molar-refractivity contribution in [3.8, 4) is 0 Å². The maximum atomic E-state index is 6.28. The van der Waals surface area contributed by atoms with Crippen LogP contribution in [-0.4, -0.2) is 7.05 Å². The number of thiophene rings is 1. The Hall–Kier alpha value is 0.130. The van der Waals surface area contributed by atoms with Gasteiger partial charge in [0, 0.05) is 14.4 Å². The summed E-state index contributed by atoms with van der Waals surface area (Å²) in [6.45, 7) is 0. The molecule has 1 atom stereocenters. The Bertz CT molecular complexity index is 527. The van der Waals surface area contributed by atoms with Gasteiger partial charge in [-0.1, -0.05) is 33.6 Å². The van der Waals surface area contributed by atoms with Crippen molar-refractivity contribution < 1.29 is 0 Å². The number of rotatable bonds is 3. The number of benzene rings is 1. The average molecular weight is 396 g/mol. The van der Waals surface area contributed by atoms with Crippen molar-refractivity contribution >= 4 is 54.8 Å². The van der Waals surface area contributed by atoms with Gasteiger partial charge >= 0.3 is 0 Å². The summed E-state index contributed by atoms with van der Waals surface area (Å²) >= 11 is 14.9. The first-order valence-corrected chi connectivity index (χ1v) is 7.77. The lowest BCUT2D eigenvalue weighted by atomic mass is 10.1. The largest absolute Gasteiger partial charge is 0.309 e. The predicted octanol–water partition coefficient (Wildman–Crippen LogP) is 5.24. The van der Waals surface area contributed by atoms with E-state index >= 15 is 0 Å². The van der Waals surface area contributed by atoms with Crippen LogP contribution in [0.4, 0.5) is 0 Å². The van der Waals surface area contributed by atoms with Crippen LogP contribution >= 0.6 is 54.8 Å². The molecule has 1 aromatic heterocycles. The maximum absolute atomic E-state index is 6.28. The molecule has 0 aliphatic heterocycles. The minimum atomic E-state index is 0.131.